The van der Waals surface area contributed by atoms with Crippen LogP contribution in [0.25, 0.3) is 0 Å². The highest BCUT2D eigenvalue weighted by Gasteiger charge is 2.19. The largest absolute Gasteiger partial charge is 0.454 e. The maximum absolute atomic E-state index is 12.1. The molecule has 2 aliphatic heterocycles. The van der Waals surface area contributed by atoms with Crippen molar-refractivity contribution in [3.05, 3.63) is 36.4 Å². The minimum absolute atomic E-state index is 0.114. The zero-order valence-corrected chi connectivity index (χ0v) is 19.7. The van der Waals surface area contributed by atoms with Crippen LogP contribution in [0.15, 0.2) is 36.4 Å². The number of benzene rings is 2. The summed E-state index contributed by atoms with van der Waals surface area (Å²) in [5, 5.41) is 25.8. The molecule has 4 rings (SSSR count). The summed E-state index contributed by atoms with van der Waals surface area (Å²) in [6, 6.07) is 10.2. The number of carbonyl (C=O) groups is 2. The maximum atomic E-state index is 12.1. The van der Waals surface area contributed by atoms with Crippen LogP contribution in [0.3, 0.4) is 0 Å². The first-order valence-electron chi connectivity index (χ1n) is 10.4. The monoisotopic (exact) mass is 508 g/mol. The molecule has 2 aromatic carbocycles. The van der Waals surface area contributed by atoms with Crippen LogP contribution in [0.1, 0.15) is 0 Å². The predicted octanol–water partition coefficient (Wildman–Crippen LogP) is 1.91. The van der Waals surface area contributed by atoms with Crippen molar-refractivity contribution in [1.29, 1.82) is 0 Å². The highest BCUT2D eigenvalue weighted by atomic mass is 32.2. The van der Waals surface area contributed by atoms with Crippen molar-refractivity contribution in [3.63, 3.8) is 0 Å². The van der Waals surface area contributed by atoms with Crippen molar-refractivity contribution in [2.45, 2.75) is 12.2 Å². The Morgan fingerprint density at radius 2 is 1.15 bits per heavy atom. The lowest BCUT2D eigenvalue weighted by atomic mass is 10.3. The van der Waals surface area contributed by atoms with Crippen molar-refractivity contribution in [3.8, 4) is 23.0 Å². The van der Waals surface area contributed by atoms with Crippen molar-refractivity contribution in [2.75, 3.05) is 47.2 Å². The number of fused-ring (bicyclic) bond motifs is 2. The van der Waals surface area contributed by atoms with E-state index in [0.29, 0.717) is 34.4 Å². The second-order valence-corrected chi connectivity index (χ2v) is 9.46. The zero-order valence-electron chi connectivity index (χ0n) is 18.0. The van der Waals surface area contributed by atoms with Gasteiger partial charge in [0, 0.05) is 35.0 Å². The lowest BCUT2D eigenvalue weighted by Gasteiger charge is -2.17. The van der Waals surface area contributed by atoms with Crippen LogP contribution in [-0.4, -0.2) is 70.8 Å². The molecule has 34 heavy (non-hydrogen) atoms. The molecule has 0 aromatic heterocycles. The molecule has 2 aromatic rings. The van der Waals surface area contributed by atoms with Gasteiger partial charge in [0.2, 0.25) is 25.4 Å². The fourth-order valence-corrected chi connectivity index (χ4v) is 4.79. The molecule has 2 atom stereocenters. The van der Waals surface area contributed by atoms with E-state index in [1.807, 2.05) is 0 Å². The molecule has 4 N–H and O–H groups in total. The predicted molar refractivity (Wildman–Crippen MR) is 129 cm³/mol. The second-order valence-electron chi connectivity index (χ2n) is 7.40. The Balaban J connectivity index is 1.09. The molecular formula is C22H24N2O8S2. The van der Waals surface area contributed by atoms with Crippen molar-refractivity contribution in [1.82, 2.24) is 0 Å². The molecule has 0 spiro atoms. The van der Waals surface area contributed by atoms with Crippen LogP contribution in [0.4, 0.5) is 11.4 Å². The molecule has 2 aliphatic rings. The fraction of sp³-hybridized carbons (Fsp3) is 0.364. The molecule has 0 aliphatic carbocycles. The first-order valence-corrected chi connectivity index (χ1v) is 12.7. The average Bonchev–Trinajstić information content (AvgIpc) is 3.47. The molecule has 0 bridgehead atoms. The van der Waals surface area contributed by atoms with Crippen LogP contribution < -0.4 is 29.6 Å². The minimum Gasteiger partial charge on any atom is -0.454 e. The van der Waals surface area contributed by atoms with E-state index in [1.54, 1.807) is 36.4 Å². The highest BCUT2D eigenvalue weighted by molar-refractivity contribution is 8.00. The first-order chi connectivity index (χ1) is 16.5. The highest BCUT2D eigenvalue weighted by Crippen LogP contribution is 2.35. The van der Waals surface area contributed by atoms with Gasteiger partial charge in [0.05, 0.1) is 23.7 Å². The summed E-state index contributed by atoms with van der Waals surface area (Å²) in [6.07, 6.45) is -2.04. The van der Waals surface area contributed by atoms with Gasteiger partial charge >= 0.3 is 0 Å². The standard InChI is InChI=1S/C22H24N2O8S2/c25-15(7-33-9-21(27)23-13-1-3-17-19(5-13)31-11-29-17)16(26)8-34-10-22(28)24-14-2-4-18-20(6-14)32-12-30-18/h1-6,15-16,25-26H,7-12H2,(H,23,27)(H,24,28)/t15-,16+. The van der Waals surface area contributed by atoms with Gasteiger partial charge in [-0.1, -0.05) is 0 Å². The normalized spacial score (nSPS) is 15.0. The van der Waals surface area contributed by atoms with E-state index in [-0.39, 0.29) is 48.4 Å². The van der Waals surface area contributed by atoms with Gasteiger partial charge in [0.15, 0.2) is 23.0 Å². The Kier molecular flexibility index (Phi) is 8.27. The molecule has 0 saturated carbocycles. The summed E-state index contributed by atoms with van der Waals surface area (Å²) in [5.41, 5.74) is 1.18. The average molecular weight is 509 g/mol. The number of hydrogen-bond donors (Lipinski definition) is 4. The third-order valence-electron chi connectivity index (χ3n) is 4.80. The quantitative estimate of drug-likeness (QED) is 0.356. The molecule has 10 nitrogen and oxygen atoms in total. The fourth-order valence-electron chi connectivity index (χ4n) is 3.11. The molecule has 0 unspecified atom stereocenters. The smallest absolute Gasteiger partial charge is 0.234 e. The number of thioether (sulfide) groups is 2. The number of aliphatic hydroxyl groups is 2. The van der Waals surface area contributed by atoms with Crippen molar-refractivity contribution < 1.29 is 38.7 Å². The summed E-state index contributed by atoms with van der Waals surface area (Å²) < 4.78 is 21.0. The van der Waals surface area contributed by atoms with Gasteiger partial charge in [-0.15, -0.1) is 23.5 Å². The van der Waals surface area contributed by atoms with Gasteiger partial charge in [0.25, 0.3) is 0 Å². The Hall–Kier alpha value is -2.80. The summed E-state index contributed by atoms with van der Waals surface area (Å²) in [4.78, 5) is 24.2. The summed E-state index contributed by atoms with van der Waals surface area (Å²) in [5.74, 6) is 2.53. The van der Waals surface area contributed by atoms with Gasteiger partial charge in [-0.05, 0) is 24.3 Å². The van der Waals surface area contributed by atoms with E-state index in [9.17, 15) is 19.8 Å². The Morgan fingerprint density at radius 1 is 0.735 bits per heavy atom. The SMILES string of the molecule is O=C(CSC[C@@H](O)[C@@H](O)CSCC(=O)Nc1ccc2c(c1)OCO2)Nc1ccc2c(c1)OCO2. The van der Waals surface area contributed by atoms with Crippen LogP contribution in [0, 0.1) is 0 Å². The van der Waals surface area contributed by atoms with Crippen LogP contribution in [0.5, 0.6) is 23.0 Å². The Labute approximate surface area is 204 Å². The van der Waals surface area contributed by atoms with E-state index in [0.717, 1.165) is 0 Å². The number of amides is 2. The number of carbonyl (C=O) groups excluding carboxylic acids is 2. The minimum atomic E-state index is -1.02. The molecule has 2 amide bonds. The first kappa shape index (κ1) is 24.3. The number of aliphatic hydroxyl groups excluding tert-OH is 2. The summed E-state index contributed by atoms with van der Waals surface area (Å²) >= 11 is 2.41. The lowest BCUT2D eigenvalue weighted by Crippen LogP contribution is -2.31. The van der Waals surface area contributed by atoms with E-state index in [4.69, 9.17) is 18.9 Å². The zero-order chi connectivity index (χ0) is 23.9. The van der Waals surface area contributed by atoms with E-state index in [2.05, 4.69) is 10.6 Å². The van der Waals surface area contributed by atoms with Crippen LogP contribution in [-0.2, 0) is 9.59 Å². The van der Waals surface area contributed by atoms with Gasteiger partial charge in [-0.25, -0.2) is 0 Å². The van der Waals surface area contributed by atoms with E-state index >= 15 is 0 Å². The van der Waals surface area contributed by atoms with Gasteiger partial charge in [-0.2, -0.15) is 0 Å². The second kappa shape index (κ2) is 11.6. The molecule has 0 saturated heterocycles. The van der Waals surface area contributed by atoms with Crippen LogP contribution in [0.2, 0.25) is 0 Å². The molecular weight excluding hydrogens is 484 g/mol. The molecule has 12 heteroatoms. The molecule has 182 valence electrons. The lowest BCUT2D eigenvalue weighted by molar-refractivity contribution is -0.114. The Morgan fingerprint density at radius 3 is 1.59 bits per heavy atom. The number of hydrogen-bond acceptors (Lipinski definition) is 10. The molecule has 0 radical (unpaired) electrons. The topological polar surface area (TPSA) is 136 Å². The molecule has 2 heterocycles. The number of anilines is 2. The maximum Gasteiger partial charge on any atom is 0.234 e. The summed E-state index contributed by atoms with van der Waals surface area (Å²) in [6.45, 7) is 0.317. The van der Waals surface area contributed by atoms with Gasteiger partial charge in [-0.3, -0.25) is 9.59 Å². The van der Waals surface area contributed by atoms with Gasteiger partial charge in [0.1, 0.15) is 0 Å². The number of ether oxygens (including phenoxy) is 4. The van der Waals surface area contributed by atoms with Crippen molar-refractivity contribution >= 4 is 46.7 Å². The third-order valence-corrected chi connectivity index (χ3v) is 6.89. The van der Waals surface area contributed by atoms with E-state index < -0.39 is 12.2 Å². The summed E-state index contributed by atoms with van der Waals surface area (Å²) in [7, 11) is 0. The Bertz CT molecular complexity index is 956. The van der Waals surface area contributed by atoms with Gasteiger partial charge < -0.3 is 39.8 Å². The molecule has 0 fully saturated rings. The third kappa shape index (κ3) is 6.63. The van der Waals surface area contributed by atoms with Crippen molar-refractivity contribution in [2.24, 2.45) is 0 Å². The van der Waals surface area contributed by atoms with E-state index in [1.165, 1.54) is 23.5 Å². The number of nitrogens with one attached hydrogen (secondary N) is 2. The van der Waals surface area contributed by atoms with Crippen LogP contribution >= 0.6 is 23.5 Å². The number of rotatable bonds is 11.